The molecule has 136 valence electrons. The van der Waals surface area contributed by atoms with Crippen molar-refractivity contribution >= 4 is 11.8 Å². The third-order valence-corrected chi connectivity index (χ3v) is 7.44. The number of hydrogen-bond donors (Lipinski definition) is 1. The molecule has 1 saturated carbocycles. The van der Waals surface area contributed by atoms with Crippen LogP contribution in [0, 0.1) is 6.92 Å². The second kappa shape index (κ2) is 5.96. The van der Waals surface area contributed by atoms with Crippen molar-refractivity contribution in [3.8, 4) is 11.3 Å². The number of thioether (sulfide) groups is 1. The van der Waals surface area contributed by atoms with Gasteiger partial charge in [-0.3, -0.25) is 9.36 Å². The Kier molecular flexibility index (Phi) is 3.80. The molecular formula is C21H24N2O2S. The van der Waals surface area contributed by atoms with Crippen LogP contribution in [0.25, 0.3) is 11.3 Å². The molecule has 1 spiro atoms. The first-order valence-electron chi connectivity index (χ1n) is 9.63. The van der Waals surface area contributed by atoms with Gasteiger partial charge >= 0.3 is 0 Å². The predicted octanol–water partition coefficient (Wildman–Crippen LogP) is 3.44. The molecule has 2 aromatic rings. The third-order valence-electron chi connectivity index (χ3n) is 6.32. The maximum absolute atomic E-state index is 13.6. The van der Waals surface area contributed by atoms with E-state index in [1.54, 1.807) is 4.57 Å². The molecule has 5 rings (SSSR count). The lowest BCUT2D eigenvalue weighted by atomic mass is 9.62. The minimum Gasteiger partial charge on any atom is -0.390 e. The van der Waals surface area contributed by atoms with E-state index in [0.717, 1.165) is 41.2 Å². The number of fused-ring (bicyclic) bond motifs is 5. The Morgan fingerprint density at radius 2 is 2.08 bits per heavy atom. The van der Waals surface area contributed by atoms with Gasteiger partial charge in [-0.15, -0.1) is 0 Å². The largest absolute Gasteiger partial charge is 0.390 e. The Morgan fingerprint density at radius 3 is 2.88 bits per heavy atom. The van der Waals surface area contributed by atoms with Gasteiger partial charge in [0.25, 0.3) is 5.56 Å². The molecule has 1 aliphatic heterocycles. The average molecular weight is 369 g/mol. The molecule has 2 aliphatic carbocycles. The van der Waals surface area contributed by atoms with Crippen molar-refractivity contribution in [3.63, 3.8) is 0 Å². The molecule has 1 aromatic carbocycles. The lowest BCUT2D eigenvalue weighted by Crippen LogP contribution is -2.45. The SMILES string of the molecule is Cc1ccc2c(c1)-c1nc3n(c(=O)c1C1(CCCCC1)C2)CC(O)CS3. The molecule has 26 heavy (non-hydrogen) atoms. The fourth-order valence-corrected chi connectivity index (χ4v) is 6.00. The second-order valence-corrected chi connectivity index (χ2v) is 9.16. The predicted molar refractivity (Wildman–Crippen MR) is 104 cm³/mol. The zero-order valence-electron chi connectivity index (χ0n) is 15.1. The van der Waals surface area contributed by atoms with E-state index >= 15 is 0 Å². The summed E-state index contributed by atoms with van der Waals surface area (Å²) in [5, 5.41) is 10.8. The van der Waals surface area contributed by atoms with Crippen molar-refractivity contribution in [2.45, 2.75) is 68.7 Å². The van der Waals surface area contributed by atoms with Crippen LogP contribution >= 0.6 is 11.8 Å². The summed E-state index contributed by atoms with van der Waals surface area (Å²) >= 11 is 1.50. The minimum absolute atomic E-state index is 0.0744. The van der Waals surface area contributed by atoms with Crippen LogP contribution in [0.2, 0.25) is 0 Å². The van der Waals surface area contributed by atoms with Gasteiger partial charge in [-0.25, -0.2) is 4.98 Å². The van der Waals surface area contributed by atoms with Gasteiger partial charge in [-0.1, -0.05) is 48.7 Å². The molecule has 3 aliphatic rings. The van der Waals surface area contributed by atoms with E-state index in [4.69, 9.17) is 4.98 Å². The normalized spacial score (nSPS) is 23.2. The summed E-state index contributed by atoms with van der Waals surface area (Å²) in [4.78, 5) is 18.6. The van der Waals surface area contributed by atoms with Crippen LogP contribution in [0.1, 0.15) is 48.8 Å². The van der Waals surface area contributed by atoms with Crippen LogP contribution in [-0.2, 0) is 18.4 Å². The van der Waals surface area contributed by atoms with Crippen molar-refractivity contribution < 1.29 is 5.11 Å². The zero-order chi connectivity index (χ0) is 17.9. The summed E-state index contributed by atoms with van der Waals surface area (Å²) in [7, 11) is 0. The fraction of sp³-hybridized carbons (Fsp3) is 0.524. The molecule has 0 amide bonds. The Labute approximate surface area is 157 Å². The zero-order valence-corrected chi connectivity index (χ0v) is 15.9. The first-order chi connectivity index (χ1) is 12.6. The standard InChI is InChI=1S/C21H24N2O2S/c1-13-5-6-14-10-21(7-3-2-4-8-21)17-18(16(14)9-13)22-20-23(19(17)25)11-15(24)12-26-20/h5-6,9,15,24H,2-4,7-8,10-12H2,1H3. The third kappa shape index (κ3) is 2.40. The quantitative estimate of drug-likeness (QED) is 0.724. The number of hydrogen-bond acceptors (Lipinski definition) is 4. The number of aryl methyl sites for hydroxylation is 1. The molecule has 1 unspecified atom stereocenters. The van der Waals surface area contributed by atoms with Crippen molar-refractivity contribution in [1.29, 1.82) is 0 Å². The van der Waals surface area contributed by atoms with Crippen LogP contribution in [0.15, 0.2) is 28.2 Å². The maximum atomic E-state index is 13.6. The molecular weight excluding hydrogens is 344 g/mol. The summed E-state index contributed by atoms with van der Waals surface area (Å²) in [6.45, 7) is 2.47. The lowest BCUT2D eigenvalue weighted by Gasteiger charge is -2.42. The van der Waals surface area contributed by atoms with Crippen LogP contribution in [0.3, 0.4) is 0 Å². The van der Waals surface area contributed by atoms with E-state index in [9.17, 15) is 9.90 Å². The number of benzene rings is 1. The molecule has 0 bridgehead atoms. The average Bonchev–Trinajstić information content (AvgIpc) is 2.64. The highest BCUT2D eigenvalue weighted by Crippen LogP contribution is 2.49. The minimum atomic E-state index is -0.467. The fourth-order valence-electron chi connectivity index (χ4n) is 5.09. The summed E-state index contributed by atoms with van der Waals surface area (Å²) in [5.41, 5.74) is 5.54. The lowest BCUT2D eigenvalue weighted by molar-refractivity contribution is 0.166. The van der Waals surface area contributed by atoms with Crippen LogP contribution in [0.5, 0.6) is 0 Å². The van der Waals surface area contributed by atoms with Crippen molar-refractivity contribution in [2.24, 2.45) is 0 Å². The molecule has 1 atom stereocenters. The van der Waals surface area contributed by atoms with Gasteiger partial charge in [0.1, 0.15) is 0 Å². The highest BCUT2D eigenvalue weighted by Gasteiger charge is 2.43. The Morgan fingerprint density at radius 1 is 1.27 bits per heavy atom. The molecule has 2 heterocycles. The van der Waals surface area contributed by atoms with Crippen LogP contribution < -0.4 is 5.56 Å². The maximum Gasteiger partial charge on any atom is 0.258 e. The Bertz CT molecular complexity index is 944. The van der Waals surface area contributed by atoms with Crippen molar-refractivity contribution in [3.05, 3.63) is 45.2 Å². The van der Waals surface area contributed by atoms with Gasteiger partial charge in [-0.2, -0.15) is 0 Å². The first kappa shape index (κ1) is 16.6. The highest BCUT2D eigenvalue weighted by atomic mass is 32.2. The Hall–Kier alpha value is -1.59. The van der Waals surface area contributed by atoms with Gasteiger partial charge in [-0.05, 0) is 37.8 Å². The number of aliphatic hydroxyl groups excluding tert-OH is 1. The van der Waals surface area contributed by atoms with Gasteiger partial charge in [0.2, 0.25) is 0 Å². The smallest absolute Gasteiger partial charge is 0.258 e. The first-order valence-corrected chi connectivity index (χ1v) is 10.6. The molecule has 1 fully saturated rings. The number of nitrogens with zero attached hydrogens (tertiary/aromatic N) is 2. The summed E-state index contributed by atoms with van der Waals surface area (Å²) in [5.74, 6) is 0.608. The number of rotatable bonds is 0. The van der Waals surface area contributed by atoms with Gasteiger partial charge in [0.15, 0.2) is 5.16 Å². The van der Waals surface area contributed by atoms with Crippen LogP contribution in [0.4, 0.5) is 0 Å². The van der Waals surface area contributed by atoms with E-state index < -0.39 is 6.10 Å². The number of aromatic nitrogens is 2. The molecule has 1 aromatic heterocycles. The Balaban J connectivity index is 1.81. The van der Waals surface area contributed by atoms with E-state index in [2.05, 4.69) is 25.1 Å². The monoisotopic (exact) mass is 368 g/mol. The van der Waals surface area contributed by atoms with Crippen molar-refractivity contribution in [2.75, 3.05) is 5.75 Å². The molecule has 5 heteroatoms. The van der Waals surface area contributed by atoms with Gasteiger partial charge in [0.05, 0.1) is 23.9 Å². The van der Waals surface area contributed by atoms with E-state index in [1.807, 2.05) is 0 Å². The summed E-state index contributed by atoms with van der Waals surface area (Å²) < 4.78 is 1.73. The van der Waals surface area contributed by atoms with E-state index in [1.165, 1.54) is 42.2 Å². The van der Waals surface area contributed by atoms with E-state index in [0.29, 0.717) is 12.3 Å². The second-order valence-electron chi connectivity index (χ2n) is 8.18. The number of aliphatic hydroxyl groups is 1. The topological polar surface area (TPSA) is 55.1 Å². The molecule has 4 nitrogen and oxygen atoms in total. The van der Waals surface area contributed by atoms with Gasteiger partial charge < -0.3 is 5.11 Å². The van der Waals surface area contributed by atoms with Crippen LogP contribution in [-0.4, -0.2) is 26.5 Å². The van der Waals surface area contributed by atoms with Crippen molar-refractivity contribution in [1.82, 2.24) is 9.55 Å². The molecule has 0 radical (unpaired) electrons. The molecule has 1 N–H and O–H groups in total. The van der Waals surface area contributed by atoms with E-state index in [-0.39, 0.29) is 11.0 Å². The summed E-state index contributed by atoms with van der Waals surface area (Å²) in [6.07, 6.45) is 6.23. The highest BCUT2D eigenvalue weighted by molar-refractivity contribution is 7.99. The summed E-state index contributed by atoms with van der Waals surface area (Å²) in [6, 6.07) is 6.60. The molecule has 0 saturated heterocycles. The van der Waals surface area contributed by atoms with Gasteiger partial charge in [0, 0.05) is 16.7 Å².